The van der Waals surface area contributed by atoms with Gasteiger partial charge in [0.2, 0.25) is 0 Å². The van der Waals surface area contributed by atoms with Gasteiger partial charge in [0.1, 0.15) is 0 Å². The van der Waals surface area contributed by atoms with Crippen LogP contribution in [0.25, 0.3) is 0 Å². The fraction of sp³-hybridized carbons (Fsp3) is 0.500. The average Bonchev–Trinajstić information content (AvgIpc) is 2.36. The summed E-state index contributed by atoms with van der Waals surface area (Å²) < 4.78 is 27.7. The number of halogens is 1. The van der Waals surface area contributed by atoms with Crippen LogP contribution in [0.5, 0.6) is 0 Å². The summed E-state index contributed by atoms with van der Waals surface area (Å²) in [6.07, 6.45) is 0. The summed E-state index contributed by atoms with van der Waals surface area (Å²) >= 11 is 3.37. The molecule has 0 spiro atoms. The molecule has 0 atom stereocenters. The topological polar surface area (TPSA) is 49.4 Å². The molecule has 0 amide bonds. The summed E-state index contributed by atoms with van der Waals surface area (Å²) in [5.41, 5.74) is 2.11. The third-order valence-corrected chi connectivity index (χ3v) is 5.08. The lowest BCUT2D eigenvalue weighted by Crippen LogP contribution is -2.41. The van der Waals surface area contributed by atoms with Crippen molar-refractivity contribution in [2.75, 3.05) is 7.05 Å². The average molecular weight is 335 g/mol. The Morgan fingerprint density at radius 1 is 1.22 bits per heavy atom. The molecule has 6 heteroatoms. The lowest BCUT2D eigenvalue weighted by molar-refractivity contribution is 0.402. The Kier molecular flexibility index (Phi) is 5.78. The number of benzene rings is 1. The van der Waals surface area contributed by atoms with Crippen molar-refractivity contribution in [1.82, 2.24) is 9.03 Å². The van der Waals surface area contributed by atoms with Gasteiger partial charge in [-0.3, -0.25) is 0 Å². The fourth-order valence-corrected chi connectivity index (χ4v) is 2.78. The van der Waals surface area contributed by atoms with Gasteiger partial charge >= 0.3 is 0 Å². The van der Waals surface area contributed by atoms with Crippen molar-refractivity contribution < 1.29 is 8.42 Å². The van der Waals surface area contributed by atoms with E-state index in [1.807, 2.05) is 38.1 Å². The smallest absolute Gasteiger partial charge is 0.198 e. The van der Waals surface area contributed by atoms with Crippen molar-refractivity contribution in [1.29, 1.82) is 0 Å². The molecule has 0 heterocycles. The molecule has 18 heavy (non-hydrogen) atoms. The van der Waals surface area contributed by atoms with Crippen LogP contribution in [0.2, 0.25) is 0 Å². The van der Waals surface area contributed by atoms with Crippen LogP contribution < -0.4 is 4.72 Å². The summed E-state index contributed by atoms with van der Waals surface area (Å²) in [6.45, 7) is 3.98. The Hall–Kier alpha value is -0.430. The standard InChI is InChI=1S/C12H19BrN2O2S/c1-10(2)15(3)18(16,17)14-9-12-6-4-11(8-13)5-7-12/h4-7,10,14H,8-9H2,1-3H3. The Labute approximate surface area is 118 Å². The zero-order valence-electron chi connectivity index (χ0n) is 10.9. The first-order valence-corrected chi connectivity index (χ1v) is 8.29. The molecule has 0 aliphatic carbocycles. The molecule has 102 valence electrons. The number of rotatable bonds is 6. The minimum atomic E-state index is -3.40. The van der Waals surface area contributed by atoms with Gasteiger partial charge in [-0.1, -0.05) is 40.2 Å². The van der Waals surface area contributed by atoms with Crippen LogP contribution >= 0.6 is 15.9 Å². The Balaban J connectivity index is 2.64. The second-order valence-electron chi connectivity index (χ2n) is 4.39. The van der Waals surface area contributed by atoms with Crippen molar-refractivity contribution in [2.24, 2.45) is 0 Å². The largest absolute Gasteiger partial charge is 0.279 e. The second kappa shape index (κ2) is 6.65. The molecule has 0 aliphatic rings. The predicted molar refractivity (Wildman–Crippen MR) is 77.7 cm³/mol. The van der Waals surface area contributed by atoms with Crippen molar-refractivity contribution in [3.05, 3.63) is 35.4 Å². The van der Waals surface area contributed by atoms with Gasteiger partial charge in [0.15, 0.2) is 0 Å². The molecule has 0 bridgehead atoms. The monoisotopic (exact) mass is 334 g/mol. The van der Waals surface area contributed by atoms with E-state index in [1.54, 1.807) is 7.05 Å². The lowest BCUT2D eigenvalue weighted by Gasteiger charge is -2.21. The van der Waals surface area contributed by atoms with E-state index in [0.717, 1.165) is 10.9 Å². The van der Waals surface area contributed by atoms with Gasteiger partial charge in [-0.05, 0) is 25.0 Å². The third-order valence-electron chi connectivity index (χ3n) is 2.74. The minimum absolute atomic E-state index is 0.0572. The molecule has 1 aromatic rings. The number of nitrogens with zero attached hydrogens (tertiary/aromatic N) is 1. The number of hydrogen-bond acceptors (Lipinski definition) is 2. The zero-order valence-corrected chi connectivity index (χ0v) is 13.3. The minimum Gasteiger partial charge on any atom is -0.198 e. The first-order chi connectivity index (χ1) is 8.36. The van der Waals surface area contributed by atoms with E-state index in [1.165, 1.54) is 9.87 Å². The molecule has 0 radical (unpaired) electrons. The van der Waals surface area contributed by atoms with E-state index >= 15 is 0 Å². The van der Waals surface area contributed by atoms with E-state index in [2.05, 4.69) is 20.7 Å². The molecule has 0 saturated carbocycles. The Morgan fingerprint density at radius 3 is 2.17 bits per heavy atom. The fourth-order valence-electron chi connectivity index (χ4n) is 1.30. The van der Waals surface area contributed by atoms with Crippen LogP contribution in [0, 0.1) is 0 Å². The Bertz CT molecular complexity index is 471. The predicted octanol–water partition coefficient (Wildman–Crippen LogP) is 2.26. The van der Waals surface area contributed by atoms with Crippen LogP contribution in [0.3, 0.4) is 0 Å². The molecule has 1 N–H and O–H groups in total. The first-order valence-electron chi connectivity index (χ1n) is 5.73. The molecule has 0 saturated heterocycles. The van der Waals surface area contributed by atoms with Gasteiger partial charge in [0.05, 0.1) is 0 Å². The normalized spacial score (nSPS) is 12.3. The van der Waals surface area contributed by atoms with E-state index in [0.29, 0.717) is 6.54 Å². The first kappa shape index (κ1) is 15.6. The van der Waals surface area contributed by atoms with Crippen molar-refractivity contribution >= 4 is 26.1 Å². The molecule has 0 fully saturated rings. The van der Waals surface area contributed by atoms with Crippen molar-refractivity contribution in [2.45, 2.75) is 31.8 Å². The van der Waals surface area contributed by atoms with E-state index < -0.39 is 10.2 Å². The quantitative estimate of drug-likeness (QED) is 0.811. The molecule has 1 aromatic carbocycles. The van der Waals surface area contributed by atoms with Crippen LogP contribution in [0.15, 0.2) is 24.3 Å². The molecular weight excluding hydrogens is 316 g/mol. The van der Waals surface area contributed by atoms with Gasteiger partial charge < -0.3 is 0 Å². The second-order valence-corrected chi connectivity index (χ2v) is 6.76. The SMILES string of the molecule is CC(C)N(C)S(=O)(=O)NCc1ccc(CBr)cc1. The highest BCUT2D eigenvalue weighted by Crippen LogP contribution is 2.09. The molecule has 0 aromatic heterocycles. The molecule has 0 unspecified atom stereocenters. The van der Waals surface area contributed by atoms with Crippen LogP contribution in [0.1, 0.15) is 25.0 Å². The highest BCUT2D eigenvalue weighted by atomic mass is 79.9. The number of nitrogens with one attached hydrogen (secondary N) is 1. The third kappa shape index (κ3) is 4.35. The van der Waals surface area contributed by atoms with Crippen LogP contribution in [0.4, 0.5) is 0 Å². The van der Waals surface area contributed by atoms with Gasteiger partial charge in [0.25, 0.3) is 10.2 Å². The maximum Gasteiger partial charge on any atom is 0.279 e. The zero-order chi connectivity index (χ0) is 13.8. The summed E-state index contributed by atoms with van der Waals surface area (Å²) in [6, 6.07) is 7.75. The van der Waals surface area contributed by atoms with Crippen LogP contribution in [-0.4, -0.2) is 25.8 Å². The molecule has 1 rings (SSSR count). The van der Waals surface area contributed by atoms with Crippen LogP contribution in [-0.2, 0) is 22.1 Å². The maximum absolute atomic E-state index is 11.9. The number of hydrogen-bond donors (Lipinski definition) is 1. The summed E-state index contributed by atoms with van der Waals surface area (Å²) in [4.78, 5) is 0. The summed E-state index contributed by atoms with van der Waals surface area (Å²) in [5, 5.41) is 0.801. The lowest BCUT2D eigenvalue weighted by atomic mass is 10.2. The number of alkyl halides is 1. The van der Waals surface area contributed by atoms with Crippen molar-refractivity contribution in [3.63, 3.8) is 0 Å². The molecule has 0 aliphatic heterocycles. The van der Waals surface area contributed by atoms with E-state index in [-0.39, 0.29) is 6.04 Å². The Morgan fingerprint density at radius 2 is 1.72 bits per heavy atom. The summed E-state index contributed by atoms with van der Waals surface area (Å²) in [5.74, 6) is 0. The van der Waals surface area contributed by atoms with Gasteiger partial charge in [0, 0.05) is 25.0 Å². The molecular formula is C12H19BrN2O2S. The highest BCUT2D eigenvalue weighted by Gasteiger charge is 2.19. The maximum atomic E-state index is 11.9. The van der Waals surface area contributed by atoms with Gasteiger partial charge in [-0.25, -0.2) is 0 Å². The van der Waals surface area contributed by atoms with Gasteiger partial charge in [-0.15, -0.1) is 0 Å². The highest BCUT2D eigenvalue weighted by molar-refractivity contribution is 9.08. The summed E-state index contributed by atoms with van der Waals surface area (Å²) in [7, 11) is -1.83. The van der Waals surface area contributed by atoms with E-state index in [4.69, 9.17) is 0 Å². The van der Waals surface area contributed by atoms with Gasteiger partial charge in [-0.2, -0.15) is 17.4 Å². The van der Waals surface area contributed by atoms with E-state index in [9.17, 15) is 8.42 Å². The molecule has 4 nitrogen and oxygen atoms in total. The van der Waals surface area contributed by atoms with Crippen molar-refractivity contribution in [3.8, 4) is 0 Å².